The number of aromatic carboxylic acids is 1. The number of carboxylic acid groups (broad SMARTS) is 1. The van der Waals surface area contributed by atoms with Gasteiger partial charge in [-0.15, -0.1) is 11.3 Å². The van der Waals surface area contributed by atoms with E-state index < -0.39 is 23.8 Å². The highest BCUT2D eigenvalue weighted by Gasteiger charge is 2.27. The Balaban J connectivity index is 2.52. The second-order valence-electron chi connectivity index (χ2n) is 8.42. The standard InChI is InChI=1S/C24H27ClFNO4S/c1-5-16(28)7-6-12-27(22(29)18-9-8-15(25)13-19(18)26)20-14-17(10-11-24(2,3)4)32-21(20)23(30)31/h8-9,13-14,16,28H,5-7,12H2,1-4H3,(H,30,31). The van der Waals surface area contributed by atoms with Crippen LogP contribution in [0.4, 0.5) is 10.1 Å². The molecule has 2 rings (SSSR count). The van der Waals surface area contributed by atoms with E-state index in [-0.39, 0.29) is 33.1 Å². The first kappa shape index (κ1) is 25.9. The number of thiophene rings is 1. The van der Waals surface area contributed by atoms with E-state index in [0.29, 0.717) is 24.1 Å². The SMILES string of the molecule is CCC(O)CCCN(C(=O)c1ccc(Cl)cc1F)c1cc(C#CC(C)(C)C)sc1C(=O)O. The number of nitrogens with zero attached hydrogens (tertiary/aromatic N) is 1. The van der Waals surface area contributed by atoms with Crippen molar-refractivity contribution >= 4 is 40.5 Å². The van der Waals surface area contributed by atoms with Crippen molar-refractivity contribution in [3.05, 3.63) is 50.4 Å². The molecule has 5 nitrogen and oxygen atoms in total. The van der Waals surface area contributed by atoms with E-state index in [1.165, 1.54) is 17.0 Å². The highest BCUT2D eigenvalue weighted by atomic mass is 35.5. The van der Waals surface area contributed by atoms with Gasteiger partial charge < -0.3 is 15.1 Å². The van der Waals surface area contributed by atoms with Gasteiger partial charge in [-0.05, 0) is 64.3 Å². The molecule has 0 saturated carbocycles. The molecular formula is C24H27ClFNO4S. The molecule has 0 aliphatic heterocycles. The normalized spacial score (nSPS) is 12.1. The number of carbonyl (C=O) groups is 2. The van der Waals surface area contributed by atoms with Crippen molar-refractivity contribution in [2.24, 2.45) is 5.41 Å². The summed E-state index contributed by atoms with van der Waals surface area (Å²) >= 11 is 6.78. The van der Waals surface area contributed by atoms with Crippen molar-refractivity contribution < 1.29 is 24.2 Å². The minimum Gasteiger partial charge on any atom is -0.477 e. The number of hydrogen-bond donors (Lipinski definition) is 2. The van der Waals surface area contributed by atoms with E-state index in [1.54, 1.807) is 6.07 Å². The van der Waals surface area contributed by atoms with E-state index in [1.807, 2.05) is 27.7 Å². The van der Waals surface area contributed by atoms with Crippen LogP contribution in [0.5, 0.6) is 0 Å². The van der Waals surface area contributed by atoms with Crippen LogP contribution in [0.1, 0.15) is 71.9 Å². The van der Waals surface area contributed by atoms with E-state index in [2.05, 4.69) is 11.8 Å². The fraction of sp³-hybridized carbons (Fsp3) is 0.417. The molecule has 1 aromatic heterocycles. The maximum absolute atomic E-state index is 14.5. The monoisotopic (exact) mass is 479 g/mol. The van der Waals surface area contributed by atoms with Gasteiger partial charge in [-0.25, -0.2) is 9.18 Å². The summed E-state index contributed by atoms with van der Waals surface area (Å²) in [6, 6.07) is 5.28. The lowest BCUT2D eigenvalue weighted by atomic mass is 9.98. The van der Waals surface area contributed by atoms with Gasteiger partial charge in [0.05, 0.1) is 22.2 Å². The van der Waals surface area contributed by atoms with Crippen molar-refractivity contribution in [3.8, 4) is 11.8 Å². The molecule has 0 radical (unpaired) electrons. The van der Waals surface area contributed by atoms with Gasteiger partial charge in [-0.1, -0.05) is 30.4 Å². The lowest BCUT2D eigenvalue weighted by molar-refractivity contribution is 0.0702. The molecule has 1 aromatic carbocycles. The van der Waals surface area contributed by atoms with Crippen LogP contribution in [-0.4, -0.2) is 34.7 Å². The van der Waals surface area contributed by atoms with Crippen molar-refractivity contribution in [3.63, 3.8) is 0 Å². The number of hydrogen-bond acceptors (Lipinski definition) is 4. The number of amides is 1. The molecule has 172 valence electrons. The molecule has 0 bridgehead atoms. The lowest BCUT2D eigenvalue weighted by Gasteiger charge is -2.23. The van der Waals surface area contributed by atoms with Crippen molar-refractivity contribution in [2.75, 3.05) is 11.4 Å². The molecule has 8 heteroatoms. The third-order valence-electron chi connectivity index (χ3n) is 4.56. The number of halogens is 2. The van der Waals surface area contributed by atoms with Crippen LogP contribution in [0.3, 0.4) is 0 Å². The summed E-state index contributed by atoms with van der Waals surface area (Å²) < 4.78 is 14.5. The Labute approximate surface area is 196 Å². The van der Waals surface area contributed by atoms with Crippen LogP contribution in [0.15, 0.2) is 24.3 Å². The largest absolute Gasteiger partial charge is 0.477 e. The minimum atomic E-state index is -1.20. The Hall–Kier alpha value is -2.40. The number of benzene rings is 1. The Kier molecular flexibility index (Phi) is 8.85. The number of anilines is 1. The third-order valence-corrected chi connectivity index (χ3v) is 5.82. The van der Waals surface area contributed by atoms with E-state index in [9.17, 15) is 24.2 Å². The van der Waals surface area contributed by atoms with Crippen LogP contribution in [-0.2, 0) is 0 Å². The lowest BCUT2D eigenvalue weighted by Crippen LogP contribution is -2.33. The quantitative estimate of drug-likeness (QED) is 0.466. The summed E-state index contributed by atoms with van der Waals surface area (Å²) in [5.41, 5.74) is -0.340. The van der Waals surface area contributed by atoms with E-state index in [0.717, 1.165) is 17.4 Å². The van der Waals surface area contributed by atoms with Crippen LogP contribution in [0.25, 0.3) is 0 Å². The van der Waals surface area contributed by atoms with Gasteiger partial charge in [-0.2, -0.15) is 0 Å². The Morgan fingerprint density at radius 3 is 2.53 bits per heavy atom. The highest BCUT2D eigenvalue weighted by Crippen LogP contribution is 2.32. The van der Waals surface area contributed by atoms with Crippen LogP contribution in [0, 0.1) is 23.1 Å². The van der Waals surface area contributed by atoms with Gasteiger partial charge in [0.2, 0.25) is 0 Å². The topological polar surface area (TPSA) is 77.8 Å². The third kappa shape index (κ3) is 7.06. The fourth-order valence-corrected chi connectivity index (χ4v) is 3.89. The molecule has 0 aliphatic rings. The Bertz CT molecular complexity index is 1050. The molecule has 1 atom stereocenters. The minimum absolute atomic E-state index is 0.0537. The van der Waals surface area contributed by atoms with Crippen LogP contribution in [0.2, 0.25) is 5.02 Å². The number of aliphatic hydroxyl groups excluding tert-OH is 1. The van der Waals surface area contributed by atoms with Crippen LogP contribution < -0.4 is 4.90 Å². The highest BCUT2D eigenvalue weighted by molar-refractivity contribution is 7.15. The summed E-state index contributed by atoms with van der Waals surface area (Å²) in [5, 5.41) is 19.8. The molecule has 1 amide bonds. The molecule has 0 saturated heterocycles. The van der Waals surface area contributed by atoms with Gasteiger partial charge >= 0.3 is 5.97 Å². The maximum atomic E-state index is 14.5. The average Bonchev–Trinajstić information content (AvgIpc) is 3.13. The number of carbonyl (C=O) groups excluding carboxylic acids is 1. The van der Waals surface area contributed by atoms with Crippen LogP contribution >= 0.6 is 22.9 Å². The van der Waals surface area contributed by atoms with Gasteiger partial charge in [0.15, 0.2) is 0 Å². The van der Waals surface area contributed by atoms with E-state index in [4.69, 9.17) is 11.6 Å². The fourth-order valence-electron chi connectivity index (χ4n) is 2.87. The number of carboxylic acids is 1. The summed E-state index contributed by atoms with van der Waals surface area (Å²) in [6.07, 6.45) is 0.861. The first-order valence-electron chi connectivity index (χ1n) is 10.3. The van der Waals surface area contributed by atoms with Gasteiger partial charge in [0, 0.05) is 17.0 Å². The molecular weight excluding hydrogens is 453 g/mol. The Morgan fingerprint density at radius 1 is 1.28 bits per heavy atom. The Morgan fingerprint density at radius 2 is 1.97 bits per heavy atom. The average molecular weight is 480 g/mol. The first-order valence-corrected chi connectivity index (χ1v) is 11.5. The maximum Gasteiger partial charge on any atom is 0.348 e. The van der Waals surface area contributed by atoms with E-state index >= 15 is 0 Å². The predicted octanol–water partition coefficient (Wildman–Crippen LogP) is 5.83. The molecule has 2 N–H and O–H groups in total. The first-order chi connectivity index (χ1) is 14.9. The smallest absolute Gasteiger partial charge is 0.348 e. The van der Waals surface area contributed by atoms with Gasteiger partial charge in [0.25, 0.3) is 5.91 Å². The zero-order chi connectivity index (χ0) is 24.1. The molecule has 0 spiro atoms. The van der Waals surface area contributed by atoms with Gasteiger partial charge in [0.1, 0.15) is 10.7 Å². The molecule has 0 aliphatic carbocycles. The molecule has 1 unspecified atom stereocenters. The predicted molar refractivity (Wildman–Crippen MR) is 126 cm³/mol. The summed E-state index contributed by atoms with van der Waals surface area (Å²) in [5.74, 6) is 3.36. The molecule has 2 aromatic rings. The zero-order valence-electron chi connectivity index (χ0n) is 18.5. The number of rotatable bonds is 8. The second kappa shape index (κ2) is 11.0. The van der Waals surface area contributed by atoms with Crippen molar-refractivity contribution in [2.45, 2.75) is 53.1 Å². The summed E-state index contributed by atoms with van der Waals surface area (Å²) in [4.78, 5) is 26.9. The summed E-state index contributed by atoms with van der Waals surface area (Å²) in [7, 11) is 0. The second-order valence-corrected chi connectivity index (χ2v) is 9.90. The molecule has 0 fully saturated rings. The van der Waals surface area contributed by atoms with Crippen molar-refractivity contribution in [1.82, 2.24) is 0 Å². The number of aliphatic hydroxyl groups is 1. The zero-order valence-corrected chi connectivity index (χ0v) is 20.1. The molecule has 32 heavy (non-hydrogen) atoms. The summed E-state index contributed by atoms with van der Waals surface area (Å²) in [6.45, 7) is 7.76. The van der Waals surface area contributed by atoms with Crippen molar-refractivity contribution in [1.29, 1.82) is 0 Å². The van der Waals surface area contributed by atoms with Gasteiger partial charge in [-0.3, -0.25) is 4.79 Å². The molecule has 1 heterocycles.